The van der Waals surface area contributed by atoms with Crippen LogP contribution in [0.4, 0.5) is 5.69 Å². The lowest BCUT2D eigenvalue weighted by Crippen LogP contribution is -2.38. The molecular weight excluding hydrogens is 224 g/mol. The van der Waals surface area contributed by atoms with Crippen molar-refractivity contribution in [3.05, 3.63) is 24.0 Å². The Morgan fingerprint density at radius 1 is 1.39 bits per heavy atom. The molecule has 1 saturated carbocycles. The number of anilines is 1. The average molecular weight is 244 g/mol. The second-order valence-electron chi connectivity index (χ2n) is 6.21. The molecule has 0 bridgehead atoms. The van der Waals surface area contributed by atoms with E-state index in [-0.39, 0.29) is 0 Å². The van der Waals surface area contributed by atoms with E-state index >= 15 is 0 Å². The van der Waals surface area contributed by atoms with Crippen LogP contribution in [0.5, 0.6) is 0 Å². The van der Waals surface area contributed by atoms with Crippen molar-refractivity contribution in [3.8, 4) is 0 Å². The number of fused-ring (bicyclic) bond motifs is 2. The third kappa shape index (κ3) is 1.37. The fraction of sp³-hybridized carbons (Fsp3) is 0.667. The molecule has 1 aromatic rings. The maximum Gasteiger partial charge on any atom is 0.0673 e. The molecule has 3 aliphatic rings. The quantitative estimate of drug-likeness (QED) is 0.758. The molecule has 0 radical (unpaired) electrons. The van der Waals surface area contributed by atoms with Gasteiger partial charge in [-0.2, -0.15) is 0 Å². The molecule has 3 heterocycles. The highest BCUT2D eigenvalue weighted by Crippen LogP contribution is 2.56. The number of nitrogens with zero attached hydrogens (tertiary/aromatic N) is 2. The Kier molecular flexibility index (Phi) is 2.22. The standard InChI is InChI=1S/C15H20N2O/c1-11-7-12(3-6-16-11)17-10-15(4-2-5-15)13-8-18-9-14(13)17/h3,6-7,13-14H,2,4-5,8-10H2,1H3. The third-order valence-electron chi connectivity index (χ3n) is 5.28. The molecule has 2 unspecified atom stereocenters. The van der Waals surface area contributed by atoms with Crippen LogP contribution in [0.3, 0.4) is 0 Å². The summed E-state index contributed by atoms with van der Waals surface area (Å²) >= 11 is 0. The predicted molar refractivity (Wildman–Crippen MR) is 70.7 cm³/mol. The minimum Gasteiger partial charge on any atom is -0.379 e. The first-order chi connectivity index (χ1) is 8.78. The number of hydrogen-bond acceptors (Lipinski definition) is 3. The van der Waals surface area contributed by atoms with Crippen LogP contribution < -0.4 is 4.90 Å². The Hall–Kier alpha value is -1.09. The van der Waals surface area contributed by atoms with Gasteiger partial charge in [0.25, 0.3) is 0 Å². The Balaban J connectivity index is 1.69. The lowest BCUT2D eigenvalue weighted by Gasteiger charge is -2.42. The van der Waals surface area contributed by atoms with Crippen molar-refractivity contribution in [1.29, 1.82) is 0 Å². The molecule has 18 heavy (non-hydrogen) atoms. The third-order valence-corrected chi connectivity index (χ3v) is 5.28. The SMILES string of the molecule is Cc1cc(N2CC3(CCC3)C3COCC32)ccn1. The van der Waals surface area contributed by atoms with E-state index in [9.17, 15) is 0 Å². The predicted octanol–water partition coefficient (Wildman–Crippen LogP) is 2.40. The van der Waals surface area contributed by atoms with Crippen LogP contribution in [-0.4, -0.2) is 30.8 Å². The second-order valence-corrected chi connectivity index (χ2v) is 6.21. The molecule has 2 aliphatic heterocycles. The number of aryl methyl sites for hydroxylation is 1. The van der Waals surface area contributed by atoms with Crippen LogP contribution in [0.2, 0.25) is 0 Å². The maximum absolute atomic E-state index is 5.77. The summed E-state index contributed by atoms with van der Waals surface area (Å²) < 4.78 is 5.77. The van der Waals surface area contributed by atoms with Gasteiger partial charge < -0.3 is 9.64 Å². The molecule has 0 amide bonds. The summed E-state index contributed by atoms with van der Waals surface area (Å²) in [4.78, 5) is 6.90. The van der Waals surface area contributed by atoms with Gasteiger partial charge in [0, 0.05) is 30.0 Å². The van der Waals surface area contributed by atoms with Crippen LogP contribution in [0, 0.1) is 18.3 Å². The fourth-order valence-corrected chi connectivity index (χ4v) is 4.16. The van der Waals surface area contributed by atoms with E-state index in [1.165, 1.54) is 31.5 Å². The number of pyridine rings is 1. The van der Waals surface area contributed by atoms with E-state index in [0.29, 0.717) is 11.5 Å². The molecule has 1 spiro atoms. The van der Waals surface area contributed by atoms with Gasteiger partial charge >= 0.3 is 0 Å². The molecule has 2 saturated heterocycles. The van der Waals surface area contributed by atoms with Crippen molar-refractivity contribution in [2.75, 3.05) is 24.7 Å². The Bertz CT molecular complexity index is 469. The van der Waals surface area contributed by atoms with Gasteiger partial charge in [-0.25, -0.2) is 0 Å². The molecule has 3 nitrogen and oxygen atoms in total. The molecule has 1 aliphatic carbocycles. The highest BCUT2D eigenvalue weighted by Gasteiger charge is 2.57. The Labute approximate surface area is 108 Å². The number of aromatic nitrogens is 1. The van der Waals surface area contributed by atoms with E-state index in [4.69, 9.17) is 4.74 Å². The largest absolute Gasteiger partial charge is 0.379 e. The van der Waals surface area contributed by atoms with Crippen molar-refractivity contribution in [1.82, 2.24) is 4.98 Å². The summed E-state index contributed by atoms with van der Waals surface area (Å²) in [6.45, 7) is 5.19. The van der Waals surface area contributed by atoms with Gasteiger partial charge in [-0.3, -0.25) is 4.98 Å². The summed E-state index contributed by atoms with van der Waals surface area (Å²) in [7, 11) is 0. The molecule has 4 rings (SSSR count). The smallest absolute Gasteiger partial charge is 0.0673 e. The van der Waals surface area contributed by atoms with Crippen molar-refractivity contribution in [3.63, 3.8) is 0 Å². The molecule has 2 atom stereocenters. The van der Waals surface area contributed by atoms with Crippen LogP contribution in [0.25, 0.3) is 0 Å². The van der Waals surface area contributed by atoms with E-state index in [2.05, 4.69) is 28.9 Å². The van der Waals surface area contributed by atoms with Gasteiger partial charge in [0.15, 0.2) is 0 Å². The minimum atomic E-state index is 0.568. The second kappa shape index (κ2) is 3.70. The fourth-order valence-electron chi connectivity index (χ4n) is 4.16. The van der Waals surface area contributed by atoms with Crippen molar-refractivity contribution in [2.45, 2.75) is 32.2 Å². The van der Waals surface area contributed by atoms with Crippen LogP contribution in [0.1, 0.15) is 25.0 Å². The van der Waals surface area contributed by atoms with Gasteiger partial charge in [0.1, 0.15) is 0 Å². The molecule has 3 heteroatoms. The zero-order chi connectivity index (χ0) is 12.2. The first kappa shape index (κ1) is 10.8. The van der Waals surface area contributed by atoms with Crippen molar-refractivity contribution in [2.24, 2.45) is 11.3 Å². The molecular formula is C15H20N2O. The number of rotatable bonds is 1. The normalized spacial score (nSPS) is 32.6. The monoisotopic (exact) mass is 244 g/mol. The van der Waals surface area contributed by atoms with Crippen LogP contribution >= 0.6 is 0 Å². The van der Waals surface area contributed by atoms with Crippen molar-refractivity contribution < 1.29 is 4.74 Å². The van der Waals surface area contributed by atoms with E-state index in [1.807, 2.05) is 6.20 Å². The highest BCUT2D eigenvalue weighted by molar-refractivity contribution is 5.50. The van der Waals surface area contributed by atoms with Crippen LogP contribution in [0.15, 0.2) is 18.3 Å². The molecule has 1 aromatic heterocycles. The summed E-state index contributed by atoms with van der Waals surface area (Å²) in [5.74, 6) is 0.764. The van der Waals surface area contributed by atoms with Crippen LogP contribution in [-0.2, 0) is 4.74 Å². The zero-order valence-corrected chi connectivity index (χ0v) is 10.9. The van der Waals surface area contributed by atoms with Gasteiger partial charge in [0.2, 0.25) is 0 Å². The lowest BCUT2D eigenvalue weighted by atomic mass is 9.62. The van der Waals surface area contributed by atoms with E-state index in [1.54, 1.807) is 0 Å². The number of hydrogen-bond donors (Lipinski definition) is 0. The maximum atomic E-state index is 5.77. The molecule has 96 valence electrons. The highest BCUT2D eigenvalue weighted by atomic mass is 16.5. The molecule has 0 aromatic carbocycles. The Morgan fingerprint density at radius 3 is 3.00 bits per heavy atom. The minimum absolute atomic E-state index is 0.568. The van der Waals surface area contributed by atoms with Gasteiger partial charge in [-0.05, 0) is 37.3 Å². The van der Waals surface area contributed by atoms with Gasteiger partial charge in [-0.1, -0.05) is 6.42 Å². The number of ether oxygens (including phenoxy) is 1. The summed E-state index contributed by atoms with van der Waals surface area (Å²) in [5.41, 5.74) is 3.02. The van der Waals surface area contributed by atoms with Gasteiger partial charge in [-0.15, -0.1) is 0 Å². The summed E-state index contributed by atoms with van der Waals surface area (Å²) in [6.07, 6.45) is 6.14. The average Bonchev–Trinajstić information content (AvgIpc) is 2.86. The first-order valence-electron chi connectivity index (χ1n) is 7.06. The summed E-state index contributed by atoms with van der Waals surface area (Å²) in [6, 6.07) is 4.97. The Morgan fingerprint density at radius 2 is 2.28 bits per heavy atom. The lowest BCUT2D eigenvalue weighted by molar-refractivity contribution is 0.0672. The van der Waals surface area contributed by atoms with Crippen molar-refractivity contribution >= 4 is 5.69 Å². The molecule has 0 N–H and O–H groups in total. The first-order valence-corrected chi connectivity index (χ1v) is 7.06. The summed E-state index contributed by atoms with van der Waals surface area (Å²) in [5, 5.41) is 0. The van der Waals surface area contributed by atoms with E-state index in [0.717, 1.165) is 24.8 Å². The van der Waals surface area contributed by atoms with Gasteiger partial charge in [0.05, 0.1) is 19.3 Å². The van der Waals surface area contributed by atoms with E-state index < -0.39 is 0 Å². The topological polar surface area (TPSA) is 25.4 Å². The molecule has 3 fully saturated rings. The zero-order valence-electron chi connectivity index (χ0n) is 10.9.